The molecule has 6 rings (SSSR count). The number of para-hydroxylation sites is 2. The van der Waals surface area contributed by atoms with Gasteiger partial charge < -0.3 is 9.72 Å². The lowest BCUT2D eigenvalue weighted by molar-refractivity contribution is 0.250. The van der Waals surface area contributed by atoms with E-state index in [1.165, 1.54) is 0 Å². The number of rotatable bonds is 5. The average molecular weight is 444 g/mol. The molecular formula is C29H21N3O2. The lowest BCUT2D eigenvalue weighted by Crippen LogP contribution is -2.12. The molecule has 0 spiro atoms. The van der Waals surface area contributed by atoms with Crippen LogP contribution in [0.15, 0.2) is 120 Å². The van der Waals surface area contributed by atoms with Crippen molar-refractivity contribution in [1.29, 1.82) is 0 Å². The van der Waals surface area contributed by atoms with Crippen molar-refractivity contribution in [3.63, 3.8) is 0 Å². The highest BCUT2D eigenvalue weighted by molar-refractivity contribution is 6.05. The average Bonchev–Trinajstić information content (AvgIpc) is 3.36. The minimum Gasteiger partial charge on any atom is -0.479 e. The van der Waals surface area contributed by atoms with Gasteiger partial charge in [-0.3, -0.25) is 4.79 Å². The van der Waals surface area contributed by atoms with Crippen molar-refractivity contribution in [2.75, 3.05) is 0 Å². The van der Waals surface area contributed by atoms with E-state index in [9.17, 15) is 4.79 Å². The summed E-state index contributed by atoms with van der Waals surface area (Å²) in [5.74, 6) is 0.613. The van der Waals surface area contributed by atoms with Gasteiger partial charge in [0, 0.05) is 17.0 Å². The maximum atomic E-state index is 13.0. The molecule has 34 heavy (non-hydrogen) atoms. The van der Waals surface area contributed by atoms with Crippen LogP contribution in [0.1, 0.15) is 17.2 Å². The molecule has 5 heteroatoms. The van der Waals surface area contributed by atoms with E-state index in [1.54, 1.807) is 4.68 Å². The third-order valence-corrected chi connectivity index (χ3v) is 5.95. The van der Waals surface area contributed by atoms with Crippen molar-refractivity contribution in [3.8, 4) is 11.4 Å². The molecule has 0 aliphatic carbocycles. The first-order valence-corrected chi connectivity index (χ1v) is 11.1. The quantitative estimate of drug-likeness (QED) is 0.354. The zero-order chi connectivity index (χ0) is 22.9. The molecule has 0 aliphatic heterocycles. The van der Waals surface area contributed by atoms with Gasteiger partial charge in [0.1, 0.15) is 11.9 Å². The minimum absolute atomic E-state index is 0.246. The number of nitrogens with one attached hydrogen (secondary N) is 1. The van der Waals surface area contributed by atoms with Gasteiger partial charge in [0.15, 0.2) is 5.52 Å². The Bertz CT molecular complexity index is 1600. The lowest BCUT2D eigenvalue weighted by Gasteiger charge is -2.21. The van der Waals surface area contributed by atoms with Gasteiger partial charge in [0.2, 0.25) is 0 Å². The minimum atomic E-state index is -0.320. The van der Waals surface area contributed by atoms with Gasteiger partial charge in [-0.15, -0.1) is 0 Å². The van der Waals surface area contributed by atoms with Crippen molar-refractivity contribution >= 4 is 21.8 Å². The number of benzene rings is 4. The SMILES string of the molecule is O=c1[nH]c2c(OC(c3ccccc3)c3ccccc3)cccc2c2cn(-c3ccccc3)nc12. The van der Waals surface area contributed by atoms with Crippen LogP contribution in [0.25, 0.3) is 27.5 Å². The van der Waals surface area contributed by atoms with E-state index < -0.39 is 0 Å². The van der Waals surface area contributed by atoms with E-state index >= 15 is 0 Å². The Morgan fingerprint density at radius 1 is 0.706 bits per heavy atom. The van der Waals surface area contributed by atoms with Crippen molar-refractivity contribution in [2.24, 2.45) is 0 Å². The van der Waals surface area contributed by atoms with Gasteiger partial charge in [0.05, 0.1) is 11.2 Å². The molecule has 0 radical (unpaired) electrons. The predicted octanol–water partition coefficient (Wildman–Crippen LogP) is 6.04. The summed E-state index contributed by atoms with van der Waals surface area (Å²) in [7, 11) is 0. The molecule has 2 aromatic heterocycles. The molecule has 0 aliphatic rings. The van der Waals surface area contributed by atoms with E-state index in [1.807, 2.05) is 115 Å². The monoisotopic (exact) mass is 443 g/mol. The smallest absolute Gasteiger partial charge is 0.276 e. The summed E-state index contributed by atoms with van der Waals surface area (Å²) in [6.07, 6.45) is 1.58. The maximum absolute atomic E-state index is 13.0. The molecule has 6 aromatic rings. The molecule has 4 aromatic carbocycles. The molecule has 0 amide bonds. The third kappa shape index (κ3) is 3.53. The Kier molecular flexibility index (Phi) is 4.92. The second kappa shape index (κ2) is 8.37. The molecule has 0 unspecified atom stereocenters. The number of hydrogen-bond acceptors (Lipinski definition) is 3. The van der Waals surface area contributed by atoms with Gasteiger partial charge >= 0.3 is 0 Å². The van der Waals surface area contributed by atoms with Crippen molar-refractivity contribution < 1.29 is 4.74 Å². The number of hydrogen-bond donors (Lipinski definition) is 1. The Labute approximate surface area is 195 Å². The number of aromatic nitrogens is 3. The van der Waals surface area contributed by atoms with Crippen LogP contribution in [0, 0.1) is 0 Å². The number of ether oxygens (including phenoxy) is 1. The van der Waals surface area contributed by atoms with Gasteiger partial charge in [-0.1, -0.05) is 91.0 Å². The molecule has 0 bridgehead atoms. The van der Waals surface area contributed by atoms with Crippen LogP contribution in [0.2, 0.25) is 0 Å². The van der Waals surface area contributed by atoms with Crippen LogP contribution < -0.4 is 10.3 Å². The van der Waals surface area contributed by atoms with Crippen LogP contribution in [0.3, 0.4) is 0 Å². The Hall–Kier alpha value is -4.64. The first-order valence-electron chi connectivity index (χ1n) is 11.1. The normalized spacial score (nSPS) is 11.3. The summed E-state index contributed by atoms with van der Waals surface area (Å²) in [6.45, 7) is 0. The lowest BCUT2D eigenvalue weighted by atomic mass is 10.0. The van der Waals surface area contributed by atoms with Crippen LogP contribution in [-0.2, 0) is 0 Å². The van der Waals surface area contributed by atoms with Gasteiger partial charge in [-0.2, -0.15) is 5.10 Å². The third-order valence-electron chi connectivity index (χ3n) is 5.95. The zero-order valence-electron chi connectivity index (χ0n) is 18.3. The number of nitrogens with zero attached hydrogens (tertiary/aromatic N) is 2. The van der Waals surface area contributed by atoms with Crippen molar-refractivity contribution in [2.45, 2.75) is 6.10 Å². The number of aromatic amines is 1. The molecule has 5 nitrogen and oxygen atoms in total. The Balaban J connectivity index is 1.51. The summed E-state index contributed by atoms with van der Waals surface area (Å²) in [5, 5.41) is 6.22. The van der Waals surface area contributed by atoms with E-state index in [2.05, 4.69) is 10.1 Å². The second-order valence-corrected chi connectivity index (χ2v) is 8.12. The number of pyridine rings is 1. The summed E-state index contributed by atoms with van der Waals surface area (Å²) < 4.78 is 8.34. The first-order chi connectivity index (χ1) is 16.8. The second-order valence-electron chi connectivity index (χ2n) is 8.12. The molecular weight excluding hydrogens is 422 g/mol. The van der Waals surface area contributed by atoms with Gasteiger partial charge in [-0.05, 0) is 29.3 Å². The fourth-order valence-corrected chi connectivity index (χ4v) is 4.32. The molecule has 0 atom stereocenters. The predicted molar refractivity (Wildman–Crippen MR) is 135 cm³/mol. The largest absolute Gasteiger partial charge is 0.479 e. The summed E-state index contributed by atoms with van der Waals surface area (Å²) in [5.41, 5.74) is 3.77. The van der Waals surface area contributed by atoms with E-state index in [0.717, 1.165) is 27.6 Å². The van der Waals surface area contributed by atoms with Gasteiger partial charge in [-0.25, -0.2) is 4.68 Å². The zero-order valence-corrected chi connectivity index (χ0v) is 18.3. The summed E-state index contributed by atoms with van der Waals surface area (Å²) >= 11 is 0. The Morgan fingerprint density at radius 2 is 1.32 bits per heavy atom. The number of H-pyrrole nitrogens is 1. The highest BCUT2D eigenvalue weighted by Gasteiger charge is 2.19. The molecule has 0 fully saturated rings. The Morgan fingerprint density at radius 3 is 1.97 bits per heavy atom. The fourth-order valence-electron chi connectivity index (χ4n) is 4.32. The van der Waals surface area contributed by atoms with E-state index in [-0.39, 0.29) is 11.7 Å². The van der Waals surface area contributed by atoms with Crippen LogP contribution >= 0.6 is 0 Å². The van der Waals surface area contributed by atoms with Crippen molar-refractivity contribution in [3.05, 3.63) is 137 Å². The fraction of sp³-hybridized carbons (Fsp3) is 0.0345. The number of fused-ring (bicyclic) bond motifs is 3. The molecule has 2 heterocycles. The maximum Gasteiger partial charge on any atom is 0.276 e. The molecule has 0 saturated heterocycles. The summed E-state index contributed by atoms with van der Waals surface area (Å²) in [4.78, 5) is 16.0. The summed E-state index contributed by atoms with van der Waals surface area (Å²) in [6, 6.07) is 35.8. The van der Waals surface area contributed by atoms with Gasteiger partial charge in [0.25, 0.3) is 5.56 Å². The standard InChI is InChI=1S/C29H21N3O2/c33-29-27-24(19-32(31-27)22-15-8-3-9-16-22)23-17-10-18-25(26(23)30-29)34-28(20-11-4-1-5-12-20)21-13-6-2-7-14-21/h1-19,28H,(H,30,33). The van der Waals surface area contributed by atoms with Crippen LogP contribution in [0.4, 0.5) is 0 Å². The van der Waals surface area contributed by atoms with Crippen LogP contribution in [-0.4, -0.2) is 14.8 Å². The highest BCUT2D eigenvalue weighted by Crippen LogP contribution is 2.34. The van der Waals surface area contributed by atoms with E-state index in [0.29, 0.717) is 16.8 Å². The van der Waals surface area contributed by atoms with E-state index in [4.69, 9.17) is 4.74 Å². The van der Waals surface area contributed by atoms with Crippen LogP contribution in [0.5, 0.6) is 5.75 Å². The first kappa shape index (κ1) is 20.0. The molecule has 164 valence electrons. The molecule has 0 saturated carbocycles. The van der Waals surface area contributed by atoms with Crippen molar-refractivity contribution in [1.82, 2.24) is 14.8 Å². The topological polar surface area (TPSA) is 59.9 Å². The molecule has 1 N–H and O–H groups in total. The highest BCUT2D eigenvalue weighted by atomic mass is 16.5.